The van der Waals surface area contributed by atoms with Crippen molar-refractivity contribution in [1.82, 2.24) is 0 Å². The third kappa shape index (κ3) is 2.77. The normalized spacial score (nSPS) is 13.7. The summed E-state index contributed by atoms with van der Waals surface area (Å²) < 4.78 is 16.6. The molecule has 1 unspecified atom stereocenters. The summed E-state index contributed by atoms with van der Waals surface area (Å²) >= 11 is 0. The van der Waals surface area contributed by atoms with Crippen molar-refractivity contribution >= 4 is 8.80 Å². The molecule has 1 aromatic carbocycles. The summed E-state index contributed by atoms with van der Waals surface area (Å²) in [5, 5.41) is 0. The van der Waals surface area contributed by atoms with Crippen LogP contribution in [0, 0.1) is 0 Å². The van der Waals surface area contributed by atoms with Crippen LogP contribution in [0.1, 0.15) is 30.5 Å². The van der Waals surface area contributed by atoms with E-state index in [9.17, 15) is 0 Å². The standard InChI is InChI=1S/C13H22O3Si/c1-6-12-9-7-8-10-13(12)11(2)17(14-3,15-4)16-5/h7-11H,6H2,1-5H3. The Labute approximate surface area is 105 Å². The third-order valence-electron chi connectivity index (χ3n) is 3.29. The fourth-order valence-corrected chi connectivity index (χ4v) is 4.47. The molecule has 0 amide bonds. The molecule has 0 spiro atoms. The predicted molar refractivity (Wildman–Crippen MR) is 71.0 cm³/mol. The Kier molecular flexibility index (Phi) is 5.33. The highest BCUT2D eigenvalue weighted by atomic mass is 28.4. The van der Waals surface area contributed by atoms with Crippen molar-refractivity contribution in [3.63, 3.8) is 0 Å². The molecular formula is C13H22O3Si. The van der Waals surface area contributed by atoms with E-state index in [1.54, 1.807) is 21.3 Å². The first-order valence-corrected chi connectivity index (χ1v) is 7.68. The molecule has 17 heavy (non-hydrogen) atoms. The van der Waals surface area contributed by atoms with E-state index in [2.05, 4.69) is 32.0 Å². The van der Waals surface area contributed by atoms with Gasteiger partial charge in [-0.25, -0.2) is 0 Å². The first-order chi connectivity index (χ1) is 8.15. The van der Waals surface area contributed by atoms with Gasteiger partial charge in [-0.3, -0.25) is 0 Å². The van der Waals surface area contributed by atoms with Gasteiger partial charge in [0.25, 0.3) is 0 Å². The Hall–Kier alpha value is -0.683. The van der Waals surface area contributed by atoms with Gasteiger partial charge in [0, 0.05) is 21.3 Å². The zero-order valence-electron chi connectivity index (χ0n) is 11.3. The fraction of sp³-hybridized carbons (Fsp3) is 0.538. The van der Waals surface area contributed by atoms with Crippen LogP contribution in [0.2, 0.25) is 0 Å². The topological polar surface area (TPSA) is 27.7 Å². The van der Waals surface area contributed by atoms with Crippen molar-refractivity contribution in [3.05, 3.63) is 35.4 Å². The van der Waals surface area contributed by atoms with E-state index in [1.807, 2.05) is 6.07 Å². The summed E-state index contributed by atoms with van der Waals surface area (Å²) in [5.74, 6) is 0. The molecule has 0 aromatic heterocycles. The number of hydrogen-bond acceptors (Lipinski definition) is 3. The monoisotopic (exact) mass is 254 g/mol. The van der Waals surface area contributed by atoms with E-state index in [0.717, 1.165) is 6.42 Å². The van der Waals surface area contributed by atoms with Crippen LogP contribution in [0.4, 0.5) is 0 Å². The zero-order chi connectivity index (χ0) is 12.9. The summed E-state index contributed by atoms with van der Waals surface area (Å²) in [4.78, 5) is 0. The van der Waals surface area contributed by atoms with Crippen LogP contribution in [-0.2, 0) is 19.7 Å². The molecule has 1 aromatic rings. The van der Waals surface area contributed by atoms with E-state index >= 15 is 0 Å². The first kappa shape index (κ1) is 14.4. The van der Waals surface area contributed by atoms with Crippen molar-refractivity contribution in [2.45, 2.75) is 25.8 Å². The lowest BCUT2D eigenvalue weighted by atomic mass is 10.0. The van der Waals surface area contributed by atoms with Gasteiger partial charge in [0.05, 0.1) is 5.54 Å². The maximum atomic E-state index is 5.55. The zero-order valence-corrected chi connectivity index (χ0v) is 12.3. The van der Waals surface area contributed by atoms with E-state index in [0.29, 0.717) is 0 Å². The lowest BCUT2D eigenvalue weighted by molar-refractivity contribution is 0.114. The van der Waals surface area contributed by atoms with Gasteiger partial charge in [-0.2, -0.15) is 0 Å². The van der Waals surface area contributed by atoms with Crippen LogP contribution < -0.4 is 0 Å². The molecule has 0 saturated carbocycles. The number of aryl methyl sites for hydroxylation is 1. The van der Waals surface area contributed by atoms with Crippen molar-refractivity contribution in [2.24, 2.45) is 0 Å². The predicted octanol–water partition coefficient (Wildman–Crippen LogP) is 2.77. The molecule has 0 N–H and O–H groups in total. The minimum absolute atomic E-state index is 0.138. The van der Waals surface area contributed by atoms with Gasteiger partial charge in [0.1, 0.15) is 0 Å². The molecule has 4 heteroatoms. The van der Waals surface area contributed by atoms with Crippen LogP contribution in [-0.4, -0.2) is 30.1 Å². The number of benzene rings is 1. The van der Waals surface area contributed by atoms with Crippen LogP contribution in [0.25, 0.3) is 0 Å². The maximum Gasteiger partial charge on any atom is 0.507 e. The maximum absolute atomic E-state index is 5.55. The SMILES string of the molecule is CCc1ccccc1C(C)[Si](OC)(OC)OC. The summed E-state index contributed by atoms with van der Waals surface area (Å²) in [7, 11) is 2.36. The molecule has 0 heterocycles. The van der Waals surface area contributed by atoms with Crippen LogP contribution in [0.15, 0.2) is 24.3 Å². The smallest absolute Gasteiger partial charge is 0.376 e. The Balaban J connectivity index is 3.13. The highest BCUT2D eigenvalue weighted by Crippen LogP contribution is 2.30. The van der Waals surface area contributed by atoms with Gasteiger partial charge in [0.2, 0.25) is 0 Å². The van der Waals surface area contributed by atoms with Gasteiger partial charge in [-0.05, 0) is 17.5 Å². The van der Waals surface area contributed by atoms with E-state index in [4.69, 9.17) is 13.3 Å². The molecule has 0 radical (unpaired) electrons. The highest BCUT2D eigenvalue weighted by molar-refractivity contribution is 6.62. The molecule has 1 atom stereocenters. The molecule has 1 rings (SSSR count). The minimum Gasteiger partial charge on any atom is -0.376 e. The summed E-state index contributed by atoms with van der Waals surface area (Å²) in [6.45, 7) is 4.26. The van der Waals surface area contributed by atoms with Crippen molar-refractivity contribution in [2.75, 3.05) is 21.3 Å². The van der Waals surface area contributed by atoms with Crippen molar-refractivity contribution in [1.29, 1.82) is 0 Å². The minimum atomic E-state index is -2.61. The number of hydrogen-bond donors (Lipinski definition) is 0. The van der Waals surface area contributed by atoms with E-state index < -0.39 is 8.80 Å². The molecule has 0 aliphatic rings. The quantitative estimate of drug-likeness (QED) is 0.731. The summed E-state index contributed by atoms with van der Waals surface area (Å²) in [5.41, 5.74) is 2.72. The molecule has 3 nitrogen and oxygen atoms in total. The Morgan fingerprint density at radius 3 is 2.06 bits per heavy atom. The van der Waals surface area contributed by atoms with Crippen molar-refractivity contribution in [3.8, 4) is 0 Å². The van der Waals surface area contributed by atoms with Gasteiger partial charge in [-0.15, -0.1) is 0 Å². The Morgan fingerprint density at radius 1 is 1.06 bits per heavy atom. The fourth-order valence-electron chi connectivity index (χ4n) is 2.25. The average molecular weight is 254 g/mol. The van der Waals surface area contributed by atoms with Crippen LogP contribution >= 0.6 is 0 Å². The summed E-state index contributed by atoms with van der Waals surface area (Å²) in [6.07, 6.45) is 1.00. The van der Waals surface area contributed by atoms with Gasteiger partial charge in [-0.1, -0.05) is 38.1 Å². The second-order valence-electron chi connectivity index (χ2n) is 3.99. The second kappa shape index (κ2) is 6.30. The largest absolute Gasteiger partial charge is 0.507 e. The highest BCUT2D eigenvalue weighted by Gasteiger charge is 2.45. The molecule has 0 saturated heterocycles. The van der Waals surface area contributed by atoms with Gasteiger partial charge in [0.15, 0.2) is 0 Å². The van der Waals surface area contributed by atoms with Gasteiger partial charge < -0.3 is 13.3 Å². The van der Waals surface area contributed by atoms with E-state index in [1.165, 1.54) is 11.1 Å². The Morgan fingerprint density at radius 2 is 1.59 bits per heavy atom. The van der Waals surface area contributed by atoms with E-state index in [-0.39, 0.29) is 5.54 Å². The summed E-state index contributed by atoms with van der Waals surface area (Å²) in [6, 6.07) is 8.38. The lowest BCUT2D eigenvalue weighted by Gasteiger charge is -2.31. The second-order valence-corrected chi connectivity index (χ2v) is 7.29. The molecule has 0 bridgehead atoms. The molecule has 0 aliphatic heterocycles. The first-order valence-electron chi connectivity index (χ1n) is 5.88. The van der Waals surface area contributed by atoms with Crippen molar-refractivity contribution < 1.29 is 13.3 Å². The molecule has 0 fully saturated rings. The molecular weight excluding hydrogens is 232 g/mol. The van der Waals surface area contributed by atoms with Gasteiger partial charge >= 0.3 is 8.80 Å². The van der Waals surface area contributed by atoms with Crippen LogP contribution in [0.5, 0.6) is 0 Å². The Bertz CT molecular complexity index is 342. The molecule has 0 aliphatic carbocycles. The lowest BCUT2D eigenvalue weighted by Crippen LogP contribution is -2.48. The average Bonchev–Trinajstić information content (AvgIpc) is 2.41. The third-order valence-corrected chi connectivity index (χ3v) is 6.37. The number of rotatable bonds is 6. The van der Waals surface area contributed by atoms with Crippen LogP contribution in [0.3, 0.4) is 0 Å². The molecule has 96 valence electrons.